The fraction of sp³-hybridized carbons (Fsp3) is 0.412. The molecule has 0 radical (unpaired) electrons. The molecule has 112 valence electrons. The zero-order valence-electron chi connectivity index (χ0n) is 12.3. The van der Waals surface area contributed by atoms with E-state index in [2.05, 4.69) is 27.0 Å². The van der Waals surface area contributed by atoms with E-state index in [4.69, 9.17) is 0 Å². The van der Waals surface area contributed by atoms with Gasteiger partial charge in [0.1, 0.15) is 5.82 Å². The number of nitrogens with one attached hydrogen (secondary N) is 1. The summed E-state index contributed by atoms with van der Waals surface area (Å²) in [5, 5.41) is 7.69. The van der Waals surface area contributed by atoms with Crippen LogP contribution in [0.25, 0.3) is 0 Å². The van der Waals surface area contributed by atoms with Gasteiger partial charge in [-0.2, -0.15) is 11.3 Å². The third-order valence-electron chi connectivity index (χ3n) is 3.76. The molecule has 1 aliphatic rings. The van der Waals surface area contributed by atoms with Gasteiger partial charge in [-0.25, -0.2) is 4.39 Å². The molecule has 0 spiro atoms. The van der Waals surface area contributed by atoms with E-state index in [1.165, 1.54) is 24.0 Å². The maximum atomic E-state index is 14.0. The highest BCUT2D eigenvalue weighted by Gasteiger charge is 2.20. The van der Waals surface area contributed by atoms with Crippen LogP contribution in [0.4, 0.5) is 4.39 Å². The molecule has 21 heavy (non-hydrogen) atoms. The summed E-state index contributed by atoms with van der Waals surface area (Å²) in [4.78, 5) is 2.15. The summed E-state index contributed by atoms with van der Waals surface area (Å²) >= 11 is 1.70. The fourth-order valence-electron chi connectivity index (χ4n) is 2.45. The largest absolute Gasteiger partial charge is 0.310 e. The molecular weight excluding hydrogens is 283 g/mol. The quantitative estimate of drug-likeness (QED) is 0.837. The van der Waals surface area contributed by atoms with Gasteiger partial charge in [0.2, 0.25) is 0 Å². The van der Waals surface area contributed by atoms with E-state index in [1.54, 1.807) is 17.4 Å². The van der Waals surface area contributed by atoms with Gasteiger partial charge in [-0.3, -0.25) is 4.90 Å². The Labute approximate surface area is 129 Å². The lowest BCUT2D eigenvalue weighted by Crippen LogP contribution is -2.19. The Bertz CT molecular complexity index is 578. The standard InChI is InChI=1S/C17H21FN2S/c1-20(10-14-6-7-21-12-14)11-15-8-13(2-5-17(15)18)9-19-16-3-4-16/h2,5-8,12,16,19H,3-4,9-11H2,1H3. The number of thiophene rings is 1. The molecule has 1 aromatic carbocycles. The normalized spacial score (nSPS) is 14.8. The monoisotopic (exact) mass is 304 g/mol. The van der Waals surface area contributed by atoms with Crippen LogP contribution in [0.1, 0.15) is 29.5 Å². The molecule has 2 aromatic rings. The van der Waals surface area contributed by atoms with Crippen molar-refractivity contribution in [2.45, 2.75) is 38.5 Å². The number of hydrogen-bond donors (Lipinski definition) is 1. The smallest absolute Gasteiger partial charge is 0.127 e. The Morgan fingerprint density at radius 1 is 1.24 bits per heavy atom. The fourth-order valence-corrected chi connectivity index (χ4v) is 3.11. The van der Waals surface area contributed by atoms with E-state index < -0.39 is 0 Å². The maximum Gasteiger partial charge on any atom is 0.127 e. The SMILES string of the molecule is CN(Cc1ccsc1)Cc1cc(CNC2CC2)ccc1F. The van der Waals surface area contributed by atoms with Crippen LogP contribution in [-0.4, -0.2) is 18.0 Å². The molecule has 1 saturated carbocycles. The highest BCUT2D eigenvalue weighted by molar-refractivity contribution is 7.07. The molecule has 1 aromatic heterocycles. The average molecular weight is 304 g/mol. The minimum atomic E-state index is -0.109. The molecule has 3 rings (SSSR count). The molecular formula is C17H21FN2S. The van der Waals surface area contributed by atoms with Crippen molar-refractivity contribution in [3.63, 3.8) is 0 Å². The molecule has 1 heterocycles. The van der Waals surface area contributed by atoms with Crippen molar-refractivity contribution in [1.29, 1.82) is 0 Å². The number of nitrogens with zero attached hydrogens (tertiary/aromatic N) is 1. The van der Waals surface area contributed by atoms with Gasteiger partial charge >= 0.3 is 0 Å². The maximum absolute atomic E-state index is 14.0. The summed E-state index contributed by atoms with van der Waals surface area (Å²) in [6.45, 7) is 2.33. The van der Waals surface area contributed by atoms with E-state index in [0.29, 0.717) is 12.6 Å². The first-order chi connectivity index (χ1) is 10.2. The lowest BCUT2D eigenvalue weighted by Gasteiger charge is -2.17. The predicted octanol–water partition coefficient (Wildman–Crippen LogP) is 3.77. The van der Waals surface area contributed by atoms with E-state index in [9.17, 15) is 4.39 Å². The van der Waals surface area contributed by atoms with Gasteiger partial charge in [0.15, 0.2) is 0 Å². The van der Waals surface area contributed by atoms with Crippen LogP contribution in [0.15, 0.2) is 35.0 Å². The average Bonchev–Trinajstić information content (AvgIpc) is 3.16. The van der Waals surface area contributed by atoms with Gasteiger partial charge in [0.25, 0.3) is 0 Å². The second-order valence-electron chi connectivity index (χ2n) is 5.88. The minimum absolute atomic E-state index is 0.109. The summed E-state index contributed by atoms with van der Waals surface area (Å²) < 4.78 is 14.0. The third-order valence-corrected chi connectivity index (χ3v) is 4.49. The topological polar surface area (TPSA) is 15.3 Å². The van der Waals surface area contributed by atoms with Crippen molar-refractivity contribution < 1.29 is 4.39 Å². The van der Waals surface area contributed by atoms with E-state index in [0.717, 1.165) is 18.7 Å². The van der Waals surface area contributed by atoms with Crippen molar-refractivity contribution in [2.24, 2.45) is 0 Å². The van der Waals surface area contributed by atoms with Gasteiger partial charge in [0, 0.05) is 31.2 Å². The summed E-state index contributed by atoms with van der Waals surface area (Å²) in [6, 6.07) is 8.27. The molecule has 0 bridgehead atoms. The molecule has 2 nitrogen and oxygen atoms in total. The van der Waals surface area contributed by atoms with Gasteiger partial charge in [-0.15, -0.1) is 0 Å². The first-order valence-corrected chi connectivity index (χ1v) is 8.35. The zero-order chi connectivity index (χ0) is 14.7. The van der Waals surface area contributed by atoms with Crippen LogP contribution >= 0.6 is 11.3 Å². The molecule has 0 aliphatic heterocycles. The van der Waals surface area contributed by atoms with Crippen molar-refractivity contribution in [2.75, 3.05) is 7.05 Å². The Morgan fingerprint density at radius 2 is 2.10 bits per heavy atom. The van der Waals surface area contributed by atoms with E-state index >= 15 is 0 Å². The van der Waals surface area contributed by atoms with Crippen molar-refractivity contribution in [3.8, 4) is 0 Å². The number of rotatable bonds is 7. The lowest BCUT2D eigenvalue weighted by molar-refractivity contribution is 0.314. The lowest BCUT2D eigenvalue weighted by atomic mass is 10.1. The van der Waals surface area contributed by atoms with Gasteiger partial charge < -0.3 is 5.32 Å². The molecule has 0 unspecified atom stereocenters. The molecule has 0 amide bonds. The second-order valence-corrected chi connectivity index (χ2v) is 6.66. The van der Waals surface area contributed by atoms with Crippen LogP contribution < -0.4 is 5.32 Å². The zero-order valence-corrected chi connectivity index (χ0v) is 13.1. The van der Waals surface area contributed by atoms with Crippen LogP contribution in [0.2, 0.25) is 0 Å². The first kappa shape index (κ1) is 14.7. The number of halogens is 1. The minimum Gasteiger partial charge on any atom is -0.310 e. The van der Waals surface area contributed by atoms with Crippen molar-refractivity contribution in [1.82, 2.24) is 10.2 Å². The highest BCUT2D eigenvalue weighted by Crippen LogP contribution is 2.20. The number of benzene rings is 1. The summed E-state index contributed by atoms with van der Waals surface area (Å²) in [5.74, 6) is -0.109. The molecule has 4 heteroatoms. The number of hydrogen-bond acceptors (Lipinski definition) is 3. The van der Waals surface area contributed by atoms with Crippen LogP contribution in [0.3, 0.4) is 0 Å². The first-order valence-electron chi connectivity index (χ1n) is 7.41. The molecule has 1 fully saturated rings. The van der Waals surface area contributed by atoms with E-state index in [-0.39, 0.29) is 5.82 Å². The highest BCUT2D eigenvalue weighted by atomic mass is 32.1. The summed E-state index contributed by atoms with van der Waals surface area (Å²) in [7, 11) is 2.03. The van der Waals surface area contributed by atoms with E-state index in [1.807, 2.05) is 19.2 Å². The molecule has 0 atom stereocenters. The molecule has 0 saturated heterocycles. The van der Waals surface area contributed by atoms with Crippen molar-refractivity contribution >= 4 is 11.3 Å². The Morgan fingerprint density at radius 3 is 2.81 bits per heavy atom. The predicted molar refractivity (Wildman–Crippen MR) is 85.8 cm³/mol. The summed E-state index contributed by atoms with van der Waals surface area (Å²) in [6.07, 6.45) is 2.55. The van der Waals surface area contributed by atoms with Crippen molar-refractivity contribution in [3.05, 3.63) is 57.5 Å². The van der Waals surface area contributed by atoms with Crippen LogP contribution in [0, 0.1) is 5.82 Å². The van der Waals surface area contributed by atoms with Gasteiger partial charge in [0.05, 0.1) is 0 Å². The second kappa shape index (κ2) is 6.69. The van der Waals surface area contributed by atoms with Crippen LogP contribution in [0.5, 0.6) is 0 Å². The van der Waals surface area contributed by atoms with Gasteiger partial charge in [-0.05, 0) is 53.9 Å². The summed E-state index contributed by atoms with van der Waals surface area (Å²) in [5.41, 5.74) is 3.24. The van der Waals surface area contributed by atoms with Gasteiger partial charge in [-0.1, -0.05) is 12.1 Å². The Hall–Kier alpha value is -1.23. The Balaban J connectivity index is 1.61. The van der Waals surface area contributed by atoms with Crippen LogP contribution in [-0.2, 0) is 19.6 Å². The molecule has 1 aliphatic carbocycles. The Kier molecular flexibility index (Phi) is 4.68. The third kappa shape index (κ3) is 4.37. The molecule has 1 N–H and O–H groups in total.